The van der Waals surface area contributed by atoms with Crippen LogP contribution >= 0.6 is 0 Å². The van der Waals surface area contributed by atoms with Crippen molar-refractivity contribution in [1.82, 2.24) is 0 Å². The number of benzene rings is 1. The van der Waals surface area contributed by atoms with Crippen LogP contribution in [0.15, 0.2) is 24.3 Å². The molecular formula is C14H22N2O4S. The van der Waals surface area contributed by atoms with Crippen LogP contribution in [-0.2, 0) is 25.1 Å². The van der Waals surface area contributed by atoms with Gasteiger partial charge in [0.25, 0.3) is 0 Å². The Morgan fingerprint density at radius 3 is 2.62 bits per heavy atom. The molecule has 118 valence electrons. The Labute approximate surface area is 125 Å². The maximum atomic E-state index is 11.9. The quantitative estimate of drug-likeness (QED) is 0.780. The van der Waals surface area contributed by atoms with Gasteiger partial charge in [0.15, 0.2) is 9.84 Å². The van der Waals surface area contributed by atoms with Crippen LogP contribution in [0.4, 0.5) is 5.69 Å². The Hall–Kier alpha value is -1.44. The molecule has 3 N–H and O–H groups in total. The minimum Gasteiger partial charge on any atom is -0.383 e. The number of carbonyl (C=O) groups excluding carboxylic acids is 1. The van der Waals surface area contributed by atoms with Crippen molar-refractivity contribution in [1.29, 1.82) is 0 Å². The van der Waals surface area contributed by atoms with Gasteiger partial charge in [-0.3, -0.25) is 4.79 Å². The van der Waals surface area contributed by atoms with E-state index in [0.29, 0.717) is 11.3 Å². The summed E-state index contributed by atoms with van der Waals surface area (Å²) in [5.74, 6) is -0.431. The number of methoxy groups -OCH3 is 1. The van der Waals surface area contributed by atoms with Gasteiger partial charge < -0.3 is 15.8 Å². The summed E-state index contributed by atoms with van der Waals surface area (Å²) in [4.78, 5) is 11.8. The monoisotopic (exact) mass is 314 g/mol. The van der Waals surface area contributed by atoms with E-state index in [1.165, 1.54) is 7.11 Å². The lowest BCUT2D eigenvalue weighted by atomic mass is 10.2. The lowest BCUT2D eigenvalue weighted by Gasteiger charge is -2.12. The van der Waals surface area contributed by atoms with Gasteiger partial charge >= 0.3 is 0 Å². The normalized spacial score (nSPS) is 13.2. The Morgan fingerprint density at radius 2 is 2.05 bits per heavy atom. The number of hydrogen-bond donors (Lipinski definition) is 2. The van der Waals surface area contributed by atoms with E-state index in [0.717, 1.165) is 0 Å². The zero-order valence-electron chi connectivity index (χ0n) is 12.5. The molecule has 0 aromatic heterocycles. The Bertz CT molecular complexity index is 584. The molecule has 0 aliphatic carbocycles. The molecule has 0 heterocycles. The third-order valence-electron chi connectivity index (χ3n) is 2.96. The topological polar surface area (TPSA) is 98.5 Å². The summed E-state index contributed by atoms with van der Waals surface area (Å²) in [7, 11) is -1.72. The van der Waals surface area contributed by atoms with Crippen LogP contribution in [0, 0.1) is 0 Å². The molecule has 1 aromatic carbocycles. The number of carbonyl (C=O) groups is 1. The molecule has 0 radical (unpaired) electrons. The standard InChI is InChI=1S/C14H22N2O4S/c1-10(2)21(18,19)9-11-5-4-6-12(7-11)16-14(17)13(15)8-20-3/h4-7,10,13H,8-9,15H2,1-3H3,(H,16,17). The van der Waals surface area contributed by atoms with E-state index >= 15 is 0 Å². The molecule has 1 atom stereocenters. The van der Waals surface area contributed by atoms with Gasteiger partial charge in [-0.1, -0.05) is 12.1 Å². The van der Waals surface area contributed by atoms with Gasteiger partial charge in [-0.2, -0.15) is 0 Å². The van der Waals surface area contributed by atoms with Crippen LogP contribution in [0.25, 0.3) is 0 Å². The number of anilines is 1. The van der Waals surface area contributed by atoms with E-state index in [2.05, 4.69) is 5.32 Å². The molecule has 6 nitrogen and oxygen atoms in total. The van der Waals surface area contributed by atoms with Crippen LogP contribution in [0.1, 0.15) is 19.4 Å². The number of amides is 1. The highest BCUT2D eigenvalue weighted by Crippen LogP contribution is 2.16. The predicted octanol–water partition coefficient (Wildman–Crippen LogP) is 0.922. The predicted molar refractivity (Wildman–Crippen MR) is 82.7 cm³/mol. The number of sulfone groups is 1. The smallest absolute Gasteiger partial charge is 0.243 e. The van der Waals surface area contributed by atoms with Crippen molar-refractivity contribution in [3.05, 3.63) is 29.8 Å². The van der Waals surface area contributed by atoms with E-state index in [9.17, 15) is 13.2 Å². The summed E-state index contributed by atoms with van der Waals surface area (Å²) in [5, 5.41) is 2.20. The second-order valence-corrected chi connectivity index (χ2v) is 7.66. The van der Waals surface area contributed by atoms with Gasteiger partial charge in [0.1, 0.15) is 6.04 Å². The minimum atomic E-state index is -3.18. The first-order valence-electron chi connectivity index (χ1n) is 6.62. The summed E-state index contributed by atoms with van der Waals surface area (Å²) in [5.41, 5.74) is 6.77. The molecule has 0 saturated carbocycles. The fraction of sp³-hybridized carbons (Fsp3) is 0.500. The molecule has 0 fully saturated rings. The average molecular weight is 314 g/mol. The van der Waals surface area contributed by atoms with Gasteiger partial charge in [-0.05, 0) is 31.5 Å². The van der Waals surface area contributed by atoms with Crippen LogP contribution < -0.4 is 11.1 Å². The number of ether oxygens (including phenoxy) is 1. The molecule has 0 bridgehead atoms. The number of nitrogens with two attached hydrogens (primary N) is 1. The van der Waals surface area contributed by atoms with E-state index in [4.69, 9.17) is 10.5 Å². The third kappa shape index (κ3) is 5.45. The molecule has 1 amide bonds. The number of hydrogen-bond acceptors (Lipinski definition) is 5. The average Bonchev–Trinajstić information content (AvgIpc) is 2.38. The second-order valence-electron chi connectivity index (χ2n) is 5.11. The molecule has 1 rings (SSSR count). The first-order chi connectivity index (χ1) is 9.76. The molecule has 7 heteroatoms. The van der Waals surface area contributed by atoms with Crippen molar-refractivity contribution in [2.45, 2.75) is 30.9 Å². The summed E-state index contributed by atoms with van der Waals surface area (Å²) in [6.45, 7) is 3.41. The van der Waals surface area contributed by atoms with E-state index in [1.807, 2.05) is 0 Å². The van der Waals surface area contributed by atoms with Crippen molar-refractivity contribution < 1.29 is 17.9 Å². The van der Waals surface area contributed by atoms with E-state index in [-0.39, 0.29) is 18.3 Å². The largest absolute Gasteiger partial charge is 0.383 e. The number of nitrogens with one attached hydrogen (secondary N) is 1. The zero-order valence-corrected chi connectivity index (χ0v) is 13.3. The molecule has 0 spiro atoms. The van der Waals surface area contributed by atoms with Crippen molar-refractivity contribution in [3.8, 4) is 0 Å². The van der Waals surface area contributed by atoms with Gasteiger partial charge in [-0.15, -0.1) is 0 Å². The first-order valence-corrected chi connectivity index (χ1v) is 8.33. The Morgan fingerprint density at radius 1 is 1.38 bits per heavy atom. The molecule has 0 aliphatic rings. The van der Waals surface area contributed by atoms with Gasteiger partial charge in [0.2, 0.25) is 5.91 Å². The van der Waals surface area contributed by atoms with Gasteiger partial charge in [0.05, 0.1) is 17.6 Å². The van der Waals surface area contributed by atoms with Gasteiger partial charge in [-0.25, -0.2) is 8.42 Å². The Kier molecular flexibility index (Phi) is 6.32. The van der Waals surface area contributed by atoms with E-state index < -0.39 is 21.1 Å². The molecule has 0 aliphatic heterocycles. The maximum absolute atomic E-state index is 11.9. The van der Waals surface area contributed by atoms with Crippen molar-refractivity contribution in [2.24, 2.45) is 5.73 Å². The zero-order chi connectivity index (χ0) is 16.0. The van der Waals surface area contributed by atoms with Crippen LogP contribution in [0.2, 0.25) is 0 Å². The highest BCUT2D eigenvalue weighted by Gasteiger charge is 2.17. The van der Waals surface area contributed by atoms with Crippen LogP contribution in [0.5, 0.6) is 0 Å². The summed E-state index contributed by atoms with van der Waals surface area (Å²) in [6, 6.07) is 5.96. The van der Waals surface area contributed by atoms with Crippen molar-refractivity contribution in [3.63, 3.8) is 0 Å². The molecule has 21 heavy (non-hydrogen) atoms. The van der Waals surface area contributed by atoms with E-state index in [1.54, 1.807) is 38.1 Å². The number of rotatable bonds is 7. The molecular weight excluding hydrogens is 292 g/mol. The van der Waals surface area contributed by atoms with Crippen molar-refractivity contribution in [2.75, 3.05) is 19.0 Å². The highest BCUT2D eigenvalue weighted by molar-refractivity contribution is 7.91. The highest BCUT2D eigenvalue weighted by atomic mass is 32.2. The lowest BCUT2D eigenvalue weighted by molar-refractivity contribution is -0.118. The van der Waals surface area contributed by atoms with Crippen LogP contribution in [-0.4, -0.2) is 39.3 Å². The second kappa shape index (κ2) is 7.53. The third-order valence-corrected chi connectivity index (χ3v) is 5.14. The summed E-state index contributed by atoms with van der Waals surface area (Å²) < 4.78 is 28.6. The molecule has 1 unspecified atom stereocenters. The summed E-state index contributed by atoms with van der Waals surface area (Å²) >= 11 is 0. The SMILES string of the molecule is COCC(N)C(=O)Nc1cccc(CS(=O)(=O)C(C)C)c1. The fourth-order valence-corrected chi connectivity index (χ4v) is 2.61. The van der Waals surface area contributed by atoms with Crippen molar-refractivity contribution >= 4 is 21.4 Å². The Balaban J connectivity index is 2.80. The molecule has 1 aromatic rings. The van der Waals surface area contributed by atoms with Gasteiger partial charge in [0, 0.05) is 12.8 Å². The maximum Gasteiger partial charge on any atom is 0.243 e. The first kappa shape index (κ1) is 17.6. The minimum absolute atomic E-state index is 0.0570. The molecule has 0 saturated heterocycles. The lowest BCUT2D eigenvalue weighted by Crippen LogP contribution is -2.39. The fourth-order valence-electron chi connectivity index (χ4n) is 1.63. The summed E-state index contributed by atoms with van der Waals surface area (Å²) in [6.07, 6.45) is 0. The van der Waals surface area contributed by atoms with Crippen LogP contribution in [0.3, 0.4) is 0 Å².